The second-order valence-electron chi connectivity index (χ2n) is 3.98. The molecule has 0 spiro atoms. The average Bonchev–Trinajstić information content (AvgIpc) is 2.41. The summed E-state index contributed by atoms with van der Waals surface area (Å²) >= 11 is 7.07. The summed E-state index contributed by atoms with van der Waals surface area (Å²) < 4.78 is 0. The highest BCUT2D eigenvalue weighted by molar-refractivity contribution is 8.04. The highest BCUT2D eigenvalue weighted by Gasteiger charge is 2.14. The summed E-state index contributed by atoms with van der Waals surface area (Å²) in [6, 6.07) is 6.90. The number of Topliss-reactive ketones (excluding diaryl/α,β-unsaturated/α-hetero) is 1. The number of carboxylic acids is 1. The molecule has 0 aliphatic carbocycles. The molecule has 0 saturated carbocycles. The zero-order valence-corrected chi connectivity index (χ0v) is 12.6. The zero-order valence-electron chi connectivity index (χ0n) is 11.0. The van der Waals surface area contributed by atoms with E-state index in [1.54, 1.807) is 30.3 Å². The second-order valence-corrected chi connectivity index (χ2v) is 5.55. The van der Waals surface area contributed by atoms with Gasteiger partial charge in [0.25, 0.3) is 0 Å². The van der Waals surface area contributed by atoms with Gasteiger partial charge in [0, 0.05) is 17.3 Å². The van der Waals surface area contributed by atoms with Crippen LogP contribution in [0, 0.1) is 0 Å². The van der Waals surface area contributed by atoms with E-state index in [1.165, 1.54) is 11.8 Å². The van der Waals surface area contributed by atoms with Crippen LogP contribution in [0.3, 0.4) is 0 Å². The van der Waals surface area contributed by atoms with Crippen LogP contribution in [0.2, 0.25) is 5.02 Å². The lowest BCUT2D eigenvalue weighted by atomic mass is 10.1. The molecule has 21 heavy (non-hydrogen) atoms. The number of thioether (sulfide) groups is 1. The van der Waals surface area contributed by atoms with Gasteiger partial charge in [-0.15, -0.1) is 11.8 Å². The first-order valence-corrected chi connectivity index (χ1v) is 7.41. The van der Waals surface area contributed by atoms with Crippen LogP contribution in [-0.4, -0.2) is 35.6 Å². The quantitative estimate of drug-likeness (QED) is 0.314. The average molecular weight is 328 g/mol. The molecule has 112 valence electrons. The summed E-state index contributed by atoms with van der Waals surface area (Å²) in [5, 5.41) is 11.7. The standard InChI is InChI=1S/C14H14ClNO4S/c15-11-3-1-2-10(6-11)7-13(12(18)8-14(19)20)21-5-4-16-9-17/h1-3,6-7,9H,4-5,8H2,(H,16,17)(H,19,20)/b13-7-. The Labute approximate surface area is 131 Å². The molecule has 1 aromatic carbocycles. The summed E-state index contributed by atoms with van der Waals surface area (Å²) in [5.74, 6) is -1.18. The van der Waals surface area contributed by atoms with Crippen molar-refractivity contribution in [2.75, 3.05) is 12.3 Å². The molecule has 0 aliphatic rings. The number of carbonyl (C=O) groups is 3. The minimum absolute atomic E-state index is 0.326. The van der Waals surface area contributed by atoms with E-state index in [9.17, 15) is 14.4 Å². The Balaban J connectivity index is 2.86. The number of carbonyl (C=O) groups excluding carboxylic acids is 2. The Morgan fingerprint density at radius 2 is 2.14 bits per heavy atom. The van der Waals surface area contributed by atoms with E-state index >= 15 is 0 Å². The fourth-order valence-corrected chi connectivity index (χ4v) is 2.54. The van der Waals surface area contributed by atoms with Crippen LogP contribution >= 0.6 is 23.4 Å². The first-order chi connectivity index (χ1) is 10.0. The third-order valence-electron chi connectivity index (χ3n) is 2.32. The van der Waals surface area contributed by atoms with Crippen molar-refractivity contribution >= 4 is 47.6 Å². The van der Waals surface area contributed by atoms with Crippen molar-refractivity contribution in [3.63, 3.8) is 0 Å². The monoisotopic (exact) mass is 327 g/mol. The minimum atomic E-state index is -1.18. The van der Waals surface area contributed by atoms with Gasteiger partial charge in [-0.1, -0.05) is 23.7 Å². The first kappa shape index (κ1) is 17.3. The number of hydrogen-bond donors (Lipinski definition) is 2. The normalized spacial score (nSPS) is 11.0. The Morgan fingerprint density at radius 3 is 2.76 bits per heavy atom. The molecule has 1 aromatic rings. The van der Waals surface area contributed by atoms with Crippen LogP contribution in [0.25, 0.3) is 6.08 Å². The molecular formula is C14H14ClNO4S. The van der Waals surface area contributed by atoms with Gasteiger partial charge in [0.2, 0.25) is 6.41 Å². The number of rotatable bonds is 9. The van der Waals surface area contributed by atoms with Crippen molar-refractivity contribution in [2.45, 2.75) is 6.42 Å². The predicted octanol–water partition coefficient (Wildman–Crippen LogP) is 2.20. The van der Waals surface area contributed by atoms with Gasteiger partial charge in [-0.3, -0.25) is 14.4 Å². The van der Waals surface area contributed by atoms with E-state index in [4.69, 9.17) is 16.7 Å². The summed E-state index contributed by atoms with van der Waals surface area (Å²) in [6.07, 6.45) is 1.60. The summed E-state index contributed by atoms with van der Waals surface area (Å²) in [7, 11) is 0. The van der Waals surface area contributed by atoms with Crippen LogP contribution in [0.5, 0.6) is 0 Å². The van der Waals surface area contributed by atoms with Gasteiger partial charge >= 0.3 is 5.97 Å². The fourth-order valence-electron chi connectivity index (χ4n) is 1.45. The van der Waals surface area contributed by atoms with Crippen LogP contribution in [-0.2, 0) is 14.4 Å². The van der Waals surface area contributed by atoms with Crippen molar-refractivity contribution in [1.82, 2.24) is 5.32 Å². The molecule has 0 bridgehead atoms. The number of allylic oxidation sites excluding steroid dienone is 1. The van der Waals surface area contributed by atoms with Gasteiger partial charge in [-0.2, -0.15) is 0 Å². The van der Waals surface area contributed by atoms with E-state index in [0.29, 0.717) is 34.2 Å². The molecule has 0 aliphatic heterocycles. The lowest BCUT2D eigenvalue weighted by Crippen LogP contribution is -2.15. The SMILES string of the molecule is O=CNCCS/C(=C\c1cccc(Cl)c1)C(=O)CC(=O)O. The van der Waals surface area contributed by atoms with Crippen LogP contribution in [0.4, 0.5) is 0 Å². The van der Waals surface area contributed by atoms with Crippen molar-refractivity contribution in [3.05, 3.63) is 39.8 Å². The van der Waals surface area contributed by atoms with E-state index in [2.05, 4.69) is 5.32 Å². The van der Waals surface area contributed by atoms with Crippen LogP contribution < -0.4 is 5.32 Å². The molecule has 0 radical (unpaired) electrons. The Hall–Kier alpha value is -1.79. The number of benzene rings is 1. The molecule has 5 nitrogen and oxygen atoms in total. The van der Waals surface area contributed by atoms with Gasteiger partial charge in [0.05, 0.1) is 4.91 Å². The number of hydrogen-bond acceptors (Lipinski definition) is 4. The van der Waals surface area contributed by atoms with Crippen LogP contribution in [0.15, 0.2) is 29.2 Å². The number of nitrogens with one attached hydrogen (secondary N) is 1. The summed E-state index contributed by atoms with van der Waals surface area (Å²) in [4.78, 5) is 33.1. The largest absolute Gasteiger partial charge is 0.481 e. The van der Waals surface area contributed by atoms with E-state index < -0.39 is 18.2 Å². The maximum absolute atomic E-state index is 11.9. The smallest absolute Gasteiger partial charge is 0.311 e. The Morgan fingerprint density at radius 1 is 1.38 bits per heavy atom. The lowest BCUT2D eigenvalue weighted by Gasteiger charge is -2.06. The van der Waals surface area contributed by atoms with Gasteiger partial charge in [0.1, 0.15) is 6.42 Å². The third kappa shape index (κ3) is 6.97. The number of amides is 1. The van der Waals surface area contributed by atoms with E-state index in [0.717, 1.165) is 0 Å². The van der Waals surface area contributed by atoms with E-state index in [1.807, 2.05) is 0 Å². The highest BCUT2D eigenvalue weighted by Crippen LogP contribution is 2.22. The number of ketones is 1. The highest BCUT2D eigenvalue weighted by atomic mass is 35.5. The Kier molecular flexibility index (Phi) is 7.56. The molecule has 0 aromatic heterocycles. The Bertz CT molecular complexity index is 560. The first-order valence-electron chi connectivity index (χ1n) is 6.05. The van der Waals surface area contributed by atoms with Crippen molar-refractivity contribution in [3.8, 4) is 0 Å². The summed E-state index contributed by atoms with van der Waals surface area (Å²) in [5.41, 5.74) is 0.715. The van der Waals surface area contributed by atoms with Gasteiger partial charge in [0.15, 0.2) is 5.78 Å². The summed E-state index contributed by atoms with van der Waals surface area (Å²) in [6.45, 7) is 0.390. The van der Waals surface area contributed by atoms with Crippen molar-refractivity contribution in [1.29, 1.82) is 0 Å². The number of halogens is 1. The van der Waals surface area contributed by atoms with Crippen molar-refractivity contribution < 1.29 is 19.5 Å². The van der Waals surface area contributed by atoms with Gasteiger partial charge < -0.3 is 10.4 Å². The second kappa shape index (κ2) is 9.20. The molecule has 1 amide bonds. The molecule has 0 unspecified atom stereocenters. The fraction of sp³-hybridized carbons (Fsp3) is 0.214. The van der Waals surface area contributed by atoms with Gasteiger partial charge in [-0.25, -0.2) is 0 Å². The number of carboxylic acid groups (broad SMARTS) is 1. The number of aliphatic carboxylic acids is 1. The lowest BCUT2D eigenvalue weighted by molar-refractivity contribution is -0.139. The molecule has 0 saturated heterocycles. The molecule has 1 rings (SSSR count). The minimum Gasteiger partial charge on any atom is -0.481 e. The molecule has 0 atom stereocenters. The van der Waals surface area contributed by atoms with Gasteiger partial charge in [-0.05, 0) is 23.8 Å². The molecule has 7 heteroatoms. The van der Waals surface area contributed by atoms with E-state index in [-0.39, 0.29) is 0 Å². The molecule has 2 N–H and O–H groups in total. The topological polar surface area (TPSA) is 83.5 Å². The predicted molar refractivity (Wildman–Crippen MR) is 83.2 cm³/mol. The third-order valence-corrected chi connectivity index (χ3v) is 3.62. The molecule has 0 fully saturated rings. The maximum atomic E-state index is 11.9. The maximum Gasteiger partial charge on any atom is 0.311 e. The van der Waals surface area contributed by atoms with Crippen LogP contribution in [0.1, 0.15) is 12.0 Å². The molecule has 0 heterocycles. The molecular weight excluding hydrogens is 314 g/mol. The van der Waals surface area contributed by atoms with Crippen molar-refractivity contribution in [2.24, 2.45) is 0 Å². The zero-order chi connectivity index (χ0) is 15.7.